The van der Waals surface area contributed by atoms with Crippen molar-refractivity contribution < 1.29 is 18.0 Å². The van der Waals surface area contributed by atoms with Gasteiger partial charge in [-0.25, -0.2) is 13.2 Å². The van der Waals surface area contributed by atoms with E-state index in [0.717, 1.165) is 18.2 Å². The summed E-state index contributed by atoms with van der Waals surface area (Å²) in [6, 6.07) is 7.05. The predicted molar refractivity (Wildman–Crippen MR) is 75.0 cm³/mol. The molecule has 1 N–H and O–H groups in total. The Morgan fingerprint density at radius 3 is 2.14 bits per heavy atom. The van der Waals surface area contributed by atoms with Crippen molar-refractivity contribution in [3.63, 3.8) is 0 Å². The number of hydrogen-bond acceptors (Lipinski definition) is 2. The predicted octanol–water partition coefficient (Wildman–Crippen LogP) is 3.42. The largest absolute Gasteiger partial charge is 0.375 e. The molecule has 0 aliphatic heterocycles. The molecule has 6 heteroatoms. The van der Waals surface area contributed by atoms with E-state index in [1.807, 2.05) is 0 Å². The molecule has 2 aromatic carbocycles. The lowest BCUT2D eigenvalue weighted by Crippen LogP contribution is -2.16. The van der Waals surface area contributed by atoms with Gasteiger partial charge < -0.3 is 10.2 Å². The molecule has 21 heavy (non-hydrogen) atoms. The first-order valence-electron chi connectivity index (χ1n) is 6.12. The van der Waals surface area contributed by atoms with E-state index in [0.29, 0.717) is 5.69 Å². The highest BCUT2D eigenvalue weighted by atomic mass is 19.1. The molecule has 2 aromatic rings. The molecule has 110 valence electrons. The van der Waals surface area contributed by atoms with Crippen LogP contribution in [-0.2, 0) is 0 Å². The zero-order chi connectivity index (χ0) is 15.6. The summed E-state index contributed by atoms with van der Waals surface area (Å²) in [4.78, 5) is 13.5. The van der Waals surface area contributed by atoms with E-state index in [9.17, 15) is 18.0 Å². The fraction of sp³-hybridized carbons (Fsp3) is 0.133. The maximum absolute atomic E-state index is 13.8. The van der Waals surface area contributed by atoms with Gasteiger partial charge in [-0.1, -0.05) is 6.07 Å². The number of halogens is 3. The average Bonchev–Trinajstić information content (AvgIpc) is 2.42. The zero-order valence-electron chi connectivity index (χ0n) is 11.5. The second-order valence-electron chi connectivity index (χ2n) is 4.61. The number of para-hydroxylation sites is 1. The Hall–Kier alpha value is -2.50. The fourth-order valence-electron chi connectivity index (χ4n) is 1.81. The molecule has 0 unspecified atom stereocenters. The second-order valence-corrected chi connectivity index (χ2v) is 4.61. The highest BCUT2D eigenvalue weighted by Crippen LogP contribution is 2.21. The molecule has 0 aliphatic rings. The van der Waals surface area contributed by atoms with Crippen LogP contribution in [0.5, 0.6) is 0 Å². The molecular weight excluding hydrogens is 281 g/mol. The average molecular weight is 294 g/mol. The Morgan fingerprint density at radius 2 is 1.62 bits per heavy atom. The molecule has 0 radical (unpaired) electrons. The van der Waals surface area contributed by atoms with Gasteiger partial charge in [0.2, 0.25) is 0 Å². The van der Waals surface area contributed by atoms with Crippen molar-refractivity contribution in [1.82, 2.24) is 0 Å². The Balaban J connectivity index is 2.27. The molecular formula is C15H13F3N2O. The number of hydrogen-bond donors (Lipinski definition) is 1. The lowest BCUT2D eigenvalue weighted by atomic mass is 10.1. The van der Waals surface area contributed by atoms with Crippen LogP contribution in [-0.4, -0.2) is 20.0 Å². The van der Waals surface area contributed by atoms with Crippen molar-refractivity contribution in [2.45, 2.75) is 0 Å². The molecule has 3 nitrogen and oxygen atoms in total. The van der Waals surface area contributed by atoms with Gasteiger partial charge in [-0.15, -0.1) is 0 Å². The van der Waals surface area contributed by atoms with Crippen LogP contribution in [0.1, 0.15) is 10.4 Å². The SMILES string of the molecule is CN(C)c1ccc(C(=O)Nc2c(F)cccc2F)cc1F. The van der Waals surface area contributed by atoms with Crippen LogP contribution in [0.3, 0.4) is 0 Å². The van der Waals surface area contributed by atoms with Gasteiger partial charge in [-0.2, -0.15) is 0 Å². The summed E-state index contributed by atoms with van der Waals surface area (Å²) in [6.45, 7) is 0. The molecule has 2 rings (SSSR count). The summed E-state index contributed by atoms with van der Waals surface area (Å²) in [6.07, 6.45) is 0. The van der Waals surface area contributed by atoms with E-state index in [1.165, 1.54) is 18.2 Å². The van der Waals surface area contributed by atoms with Crippen molar-refractivity contribution in [1.29, 1.82) is 0 Å². The van der Waals surface area contributed by atoms with Crippen LogP contribution in [0.15, 0.2) is 36.4 Å². The van der Waals surface area contributed by atoms with Crippen LogP contribution in [0.25, 0.3) is 0 Å². The van der Waals surface area contributed by atoms with Crippen LogP contribution in [0.4, 0.5) is 24.5 Å². The first-order valence-corrected chi connectivity index (χ1v) is 6.12. The lowest BCUT2D eigenvalue weighted by molar-refractivity contribution is 0.102. The van der Waals surface area contributed by atoms with Gasteiger partial charge >= 0.3 is 0 Å². The number of anilines is 2. The van der Waals surface area contributed by atoms with Crippen LogP contribution in [0, 0.1) is 17.5 Å². The summed E-state index contributed by atoms with van der Waals surface area (Å²) in [5.74, 6) is -3.17. The third-order valence-corrected chi connectivity index (χ3v) is 2.89. The maximum Gasteiger partial charge on any atom is 0.255 e. The van der Waals surface area contributed by atoms with Crippen LogP contribution >= 0.6 is 0 Å². The third-order valence-electron chi connectivity index (χ3n) is 2.89. The summed E-state index contributed by atoms with van der Waals surface area (Å²) in [7, 11) is 3.32. The van der Waals surface area contributed by atoms with E-state index in [4.69, 9.17) is 0 Å². The van der Waals surface area contributed by atoms with Crippen LogP contribution < -0.4 is 10.2 Å². The van der Waals surface area contributed by atoms with E-state index in [-0.39, 0.29) is 5.56 Å². The molecule has 0 atom stereocenters. The molecule has 0 spiro atoms. The Kier molecular flexibility index (Phi) is 4.16. The summed E-state index contributed by atoms with van der Waals surface area (Å²) >= 11 is 0. The highest BCUT2D eigenvalue weighted by Gasteiger charge is 2.15. The van der Waals surface area contributed by atoms with Crippen molar-refractivity contribution >= 4 is 17.3 Å². The number of nitrogens with zero attached hydrogens (tertiary/aromatic N) is 1. The Bertz CT molecular complexity index is 666. The topological polar surface area (TPSA) is 32.3 Å². The minimum Gasteiger partial charge on any atom is -0.375 e. The molecule has 0 saturated heterocycles. The summed E-state index contributed by atoms with van der Waals surface area (Å²) in [5, 5.41) is 2.10. The van der Waals surface area contributed by atoms with Crippen molar-refractivity contribution in [3.05, 3.63) is 59.4 Å². The summed E-state index contributed by atoms with van der Waals surface area (Å²) < 4.78 is 40.7. The molecule has 0 aromatic heterocycles. The molecule has 1 amide bonds. The van der Waals surface area contributed by atoms with Crippen molar-refractivity contribution in [2.75, 3.05) is 24.3 Å². The standard InChI is InChI=1S/C15H13F3N2O/c1-20(2)13-7-6-9(8-12(13)18)15(21)19-14-10(16)4-3-5-11(14)17/h3-8H,1-2H3,(H,19,21). The van der Waals surface area contributed by atoms with Crippen molar-refractivity contribution in [2.24, 2.45) is 0 Å². The number of benzene rings is 2. The van der Waals surface area contributed by atoms with Gasteiger partial charge in [0.05, 0.1) is 5.69 Å². The molecule has 0 heterocycles. The molecule has 0 aliphatic carbocycles. The van der Waals surface area contributed by atoms with E-state index >= 15 is 0 Å². The van der Waals surface area contributed by atoms with Gasteiger partial charge in [0.25, 0.3) is 5.91 Å². The van der Waals surface area contributed by atoms with Gasteiger partial charge in [-0.05, 0) is 30.3 Å². The molecule has 0 fully saturated rings. The zero-order valence-corrected chi connectivity index (χ0v) is 11.5. The van der Waals surface area contributed by atoms with Gasteiger partial charge in [0.1, 0.15) is 23.1 Å². The van der Waals surface area contributed by atoms with E-state index in [2.05, 4.69) is 5.32 Å². The molecule has 0 saturated carbocycles. The summed E-state index contributed by atoms with van der Waals surface area (Å²) in [5.41, 5.74) is -0.274. The number of carbonyl (C=O) groups excluding carboxylic acids is 1. The normalized spacial score (nSPS) is 10.3. The Morgan fingerprint density at radius 1 is 1.00 bits per heavy atom. The van der Waals surface area contributed by atoms with Crippen LogP contribution in [0.2, 0.25) is 0 Å². The molecule has 0 bridgehead atoms. The number of amides is 1. The van der Waals surface area contributed by atoms with Gasteiger partial charge in [0.15, 0.2) is 0 Å². The first-order chi connectivity index (χ1) is 9.90. The fourth-order valence-corrected chi connectivity index (χ4v) is 1.81. The second kappa shape index (κ2) is 5.87. The van der Waals surface area contributed by atoms with E-state index < -0.39 is 29.0 Å². The van der Waals surface area contributed by atoms with Gasteiger partial charge in [0, 0.05) is 19.7 Å². The third kappa shape index (κ3) is 3.16. The highest BCUT2D eigenvalue weighted by molar-refractivity contribution is 6.04. The first kappa shape index (κ1) is 14.9. The Labute approximate surface area is 120 Å². The van der Waals surface area contributed by atoms with Crippen molar-refractivity contribution in [3.8, 4) is 0 Å². The van der Waals surface area contributed by atoms with E-state index in [1.54, 1.807) is 19.0 Å². The monoisotopic (exact) mass is 294 g/mol. The number of carbonyl (C=O) groups is 1. The lowest BCUT2D eigenvalue weighted by Gasteiger charge is -2.14. The minimum atomic E-state index is -0.895. The minimum absolute atomic E-state index is 0.0271. The smallest absolute Gasteiger partial charge is 0.255 e. The number of rotatable bonds is 3. The van der Waals surface area contributed by atoms with Gasteiger partial charge in [-0.3, -0.25) is 4.79 Å². The quantitative estimate of drug-likeness (QED) is 0.940. The number of nitrogens with one attached hydrogen (secondary N) is 1. The maximum atomic E-state index is 13.8.